The van der Waals surface area contributed by atoms with Crippen LogP contribution < -0.4 is 16.0 Å². The molecule has 3 rings (SSSR count). The maximum atomic E-state index is 13.0. The van der Waals surface area contributed by atoms with Crippen LogP contribution in [0.3, 0.4) is 0 Å². The molecule has 0 bridgehead atoms. The van der Waals surface area contributed by atoms with E-state index >= 15 is 0 Å². The lowest BCUT2D eigenvalue weighted by atomic mass is 9.86. The maximum Gasteiger partial charge on any atom is 0.272 e. The lowest BCUT2D eigenvalue weighted by Gasteiger charge is -2.29. The zero-order valence-corrected chi connectivity index (χ0v) is 15.5. The molecule has 2 aromatic heterocycles. The van der Waals surface area contributed by atoms with E-state index in [-0.39, 0.29) is 11.8 Å². The number of amides is 2. The molecule has 3 heterocycles. The largest absolute Gasteiger partial charge is 0.461 e. The molecule has 0 saturated carbocycles. The predicted molar refractivity (Wildman–Crippen MR) is 96.4 cm³/mol. The Labute approximate surface area is 152 Å². The van der Waals surface area contributed by atoms with Crippen LogP contribution >= 0.6 is 0 Å². The van der Waals surface area contributed by atoms with E-state index < -0.39 is 11.5 Å². The summed E-state index contributed by atoms with van der Waals surface area (Å²) in [6.07, 6.45) is 1.58. The Morgan fingerprint density at radius 1 is 1.38 bits per heavy atom. The van der Waals surface area contributed by atoms with Crippen molar-refractivity contribution in [2.75, 3.05) is 13.6 Å². The average Bonchev–Trinajstić information content (AvgIpc) is 3.25. The summed E-state index contributed by atoms with van der Waals surface area (Å²) < 4.78 is 7.47. The van der Waals surface area contributed by atoms with Gasteiger partial charge in [0, 0.05) is 26.7 Å². The van der Waals surface area contributed by atoms with Crippen molar-refractivity contribution in [3.05, 3.63) is 29.8 Å². The van der Waals surface area contributed by atoms with E-state index in [9.17, 15) is 9.59 Å². The summed E-state index contributed by atoms with van der Waals surface area (Å²) in [5.41, 5.74) is 0.684. The van der Waals surface area contributed by atoms with Crippen molar-refractivity contribution in [1.29, 1.82) is 0 Å². The number of carbonyl (C=O) groups is 2. The Kier molecular flexibility index (Phi) is 4.86. The molecule has 140 valence electrons. The lowest BCUT2D eigenvalue weighted by Crippen LogP contribution is -2.53. The van der Waals surface area contributed by atoms with Gasteiger partial charge in [-0.3, -0.25) is 9.59 Å². The molecule has 2 aromatic rings. The molecule has 3 N–H and O–H groups in total. The van der Waals surface area contributed by atoms with Gasteiger partial charge in [-0.1, -0.05) is 20.8 Å². The van der Waals surface area contributed by atoms with Crippen LogP contribution in [-0.2, 0) is 17.9 Å². The first-order valence-electron chi connectivity index (χ1n) is 8.69. The molecule has 8 nitrogen and oxygen atoms in total. The smallest absolute Gasteiger partial charge is 0.272 e. The van der Waals surface area contributed by atoms with Crippen molar-refractivity contribution in [1.82, 2.24) is 25.5 Å². The van der Waals surface area contributed by atoms with E-state index in [0.29, 0.717) is 30.4 Å². The highest BCUT2D eigenvalue weighted by atomic mass is 16.3. The fraction of sp³-hybridized carbons (Fsp3) is 0.500. The maximum absolute atomic E-state index is 13.0. The first kappa shape index (κ1) is 18.2. The van der Waals surface area contributed by atoms with Crippen LogP contribution in [0.5, 0.6) is 0 Å². The van der Waals surface area contributed by atoms with Crippen LogP contribution in [0.2, 0.25) is 0 Å². The second kappa shape index (κ2) is 6.95. The van der Waals surface area contributed by atoms with Gasteiger partial charge >= 0.3 is 0 Å². The zero-order valence-electron chi connectivity index (χ0n) is 15.5. The van der Waals surface area contributed by atoms with Gasteiger partial charge in [-0.15, -0.1) is 0 Å². The van der Waals surface area contributed by atoms with E-state index in [1.165, 1.54) is 0 Å². The van der Waals surface area contributed by atoms with E-state index in [0.717, 1.165) is 12.2 Å². The molecule has 1 atom stereocenters. The highest BCUT2D eigenvalue weighted by Crippen LogP contribution is 2.26. The number of rotatable bonds is 4. The third-order valence-corrected chi connectivity index (χ3v) is 4.48. The predicted octanol–water partition coefficient (Wildman–Crippen LogP) is 1.14. The molecule has 2 amide bonds. The molecule has 0 aliphatic carbocycles. The van der Waals surface area contributed by atoms with Crippen LogP contribution in [0.4, 0.5) is 0 Å². The molecule has 0 saturated heterocycles. The quantitative estimate of drug-likeness (QED) is 0.760. The summed E-state index contributed by atoms with van der Waals surface area (Å²) >= 11 is 0. The molecule has 0 spiro atoms. The Morgan fingerprint density at radius 2 is 2.15 bits per heavy atom. The number of nitrogens with zero attached hydrogens (tertiary/aromatic N) is 2. The first-order chi connectivity index (χ1) is 12.3. The topological polar surface area (TPSA) is 101 Å². The van der Waals surface area contributed by atoms with Gasteiger partial charge in [0.15, 0.2) is 17.3 Å². The molecule has 1 aliphatic heterocycles. The number of likely N-dealkylation sites (N-methyl/N-ethyl adjacent to an activating group) is 1. The van der Waals surface area contributed by atoms with Crippen molar-refractivity contribution in [3.8, 4) is 11.6 Å². The molecular formula is C18H25N5O3. The van der Waals surface area contributed by atoms with Gasteiger partial charge in [-0.05, 0) is 17.5 Å². The van der Waals surface area contributed by atoms with Crippen molar-refractivity contribution >= 4 is 11.8 Å². The fourth-order valence-corrected chi connectivity index (χ4v) is 3.10. The van der Waals surface area contributed by atoms with Crippen molar-refractivity contribution < 1.29 is 14.0 Å². The van der Waals surface area contributed by atoms with Crippen molar-refractivity contribution in [2.24, 2.45) is 5.41 Å². The van der Waals surface area contributed by atoms with Gasteiger partial charge in [0.1, 0.15) is 6.04 Å². The molecule has 0 fully saturated rings. The SMILES string of the molecule is CNC(=O)[C@@H](NC(=O)c1nc(-c2ccco2)n2c1CNCC2)C(C)(C)C. The Hall–Kier alpha value is -2.61. The molecule has 0 radical (unpaired) electrons. The van der Waals surface area contributed by atoms with Crippen molar-refractivity contribution in [3.63, 3.8) is 0 Å². The number of fused-ring (bicyclic) bond motifs is 1. The molecule has 0 aromatic carbocycles. The minimum absolute atomic E-state index is 0.233. The van der Waals surface area contributed by atoms with Gasteiger partial charge < -0.3 is 24.9 Å². The van der Waals surface area contributed by atoms with E-state index in [1.54, 1.807) is 19.4 Å². The summed E-state index contributed by atoms with van der Waals surface area (Å²) in [5, 5.41) is 8.72. The van der Waals surface area contributed by atoms with Crippen LogP contribution in [-0.4, -0.2) is 41.0 Å². The third-order valence-electron chi connectivity index (χ3n) is 4.48. The summed E-state index contributed by atoms with van der Waals surface area (Å²) in [7, 11) is 1.56. The van der Waals surface area contributed by atoms with E-state index in [4.69, 9.17) is 4.42 Å². The number of aromatic nitrogens is 2. The summed E-state index contributed by atoms with van der Waals surface area (Å²) in [6, 6.07) is 2.95. The van der Waals surface area contributed by atoms with Crippen LogP contribution in [0.25, 0.3) is 11.6 Å². The van der Waals surface area contributed by atoms with Crippen LogP contribution in [0.1, 0.15) is 37.0 Å². The number of hydrogen-bond acceptors (Lipinski definition) is 5. The van der Waals surface area contributed by atoms with Gasteiger partial charge in [0.2, 0.25) is 5.91 Å². The van der Waals surface area contributed by atoms with Gasteiger partial charge in [-0.2, -0.15) is 0 Å². The summed E-state index contributed by atoms with van der Waals surface area (Å²) in [6.45, 7) is 7.75. The number of hydrogen-bond donors (Lipinski definition) is 3. The molecule has 0 unspecified atom stereocenters. The third kappa shape index (κ3) is 3.37. The highest BCUT2D eigenvalue weighted by Gasteiger charge is 2.34. The number of imidazole rings is 1. The molecule has 26 heavy (non-hydrogen) atoms. The normalized spacial score (nSPS) is 15.2. The monoisotopic (exact) mass is 359 g/mol. The minimum atomic E-state index is -0.666. The Bertz CT molecular complexity index is 802. The minimum Gasteiger partial charge on any atom is -0.461 e. The Morgan fingerprint density at radius 3 is 2.77 bits per heavy atom. The molecule has 8 heteroatoms. The zero-order chi connectivity index (χ0) is 18.9. The van der Waals surface area contributed by atoms with E-state index in [2.05, 4.69) is 20.9 Å². The Balaban J connectivity index is 1.96. The highest BCUT2D eigenvalue weighted by molar-refractivity contribution is 5.97. The van der Waals surface area contributed by atoms with Gasteiger partial charge in [-0.25, -0.2) is 4.98 Å². The second-order valence-electron chi connectivity index (χ2n) is 7.42. The fourth-order valence-electron chi connectivity index (χ4n) is 3.10. The summed E-state index contributed by atoms with van der Waals surface area (Å²) in [5.74, 6) is 0.650. The van der Waals surface area contributed by atoms with E-state index in [1.807, 2.05) is 31.4 Å². The van der Waals surface area contributed by atoms with Gasteiger partial charge in [0.05, 0.1) is 12.0 Å². The molecule has 1 aliphatic rings. The second-order valence-corrected chi connectivity index (χ2v) is 7.42. The number of furan rings is 1. The first-order valence-corrected chi connectivity index (χ1v) is 8.69. The lowest BCUT2D eigenvalue weighted by molar-refractivity contribution is -0.124. The van der Waals surface area contributed by atoms with Gasteiger partial charge in [0.25, 0.3) is 5.91 Å². The van der Waals surface area contributed by atoms with Crippen LogP contribution in [0.15, 0.2) is 22.8 Å². The number of nitrogens with one attached hydrogen (secondary N) is 3. The standard InChI is InChI=1S/C18H25N5O3/c1-18(2,3)14(17(25)19-4)22-16(24)13-11-10-20-7-8-23(11)15(21-13)12-6-5-9-26-12/h5-6,9,14,20H,7-8,10H2,1-4H3,(H,19,25)(H,22,24)/t14-/m1/s1. The van der Waals surface area contributed by atoms with Crippen LogP contribution in [0, 0.1) is 5.41 Å². The molecular weight excluding hydrogens is 334 g/mol. The van der Waals surface area contributed by atoms with Crippen molar-refractivity contribution in [2.45, 2.75) is 39.9 Å². The average molecular weight is 359 g/mol. The summed E-state index contributed by atoms with van der Waals surface area (Å²) in [4.78, 5) is 29.7. The number of carbonyl (C=O) groups excluding carboxylic acids is 2.